The van der Waals surface area contributed by atoms with E-state index in [1.54, 1.807) is 19.1 Å². The van der Waals surface area contributed by atoms with Gasteiger partial charge >= 0.3 is 12.4 Å². The highest BCUT2D eigenvalue weighted by Gasteiger charge is 2.47. The lowest BCUT2D eigenvalue weighted by atomic mass is 9.99. The minimum Gasteiger partial charge on any atom is -0.249 e. The van der Waals surface area contributed by atoms with E-state index >= 15 is 0 Å². The minimum atomic E-state index is -5.45. The molecule has 0 spiro atoms. The van der Waals surface area contributed by atoms with Crippen molar-refractivity contribution in [3.8, 4) is 12.1 Å². The molecule has 0 atom stereocenters. The Kier molecular flexibility index (Phi) is 4.45. The Hall–Kier alpha value is -4.06. The van der Waals surface area contributed by atoms with E-state index in [0.717, 1.165) is 6.07 Å². The highest BCUT2D eigenvalue weighted by molar-refractivity contribution is 6.21. The van der Waals surface area contributed by atoms with Crippen molar-refractivity contribution in [3.05, 3.63) is 46.0 Å². The van der Waals surface area contributed by atoms with Gasteiger partial charge in [0.25, 0.3) is 0 Å². The molecule has 2 aromatic carbocycles. The summed E-state index contributed by atoms with van der Waals surface area (Å²) in [6.45, 7) is 3.12. The molecule has 0 aliphatic heterocycles. The fraction of sp³-hybridized carbons (Fsp3) is 0.200. The van der Waals surface area contributed by atoms with E-state index in [0.29, 0.717) is 11.4 Å². The molecule has 0 radical (unpaired) electrons. The molecule has 0 fully saturated rings. The van der Waals surface area contributed by atoms with Gasteiger partial charge in [0.15, 0.2) is 11.4 Å². The van der Waals surface area contributed by atoms with Crippen molar-refractivity contribution in [2.75, 3.05) is 0 Å². The van der Waals surface area contributed by atoms with Crippen molar-refractivity contribution in [2.45, 2.75) is 26.2 Å². The molecule has 4 aromatic rings. The van der Waals surface area contributed by atoms with Gasteiger partial charge in [-0.15, -0.1) is 0 Å². The van der Waals surface area contributed by atoms with Crippen LogP contribution in [0.4, 0.5) is 26.3 Å². The van der Waals surface area contributed by atoms with E-state index in [1.807, 2.05) is 0 Å². The molecule has 32 heavy (non-hydrogen) atoms. The van der Waals surface area contributed by atoms with Crippen LogP contribution in [0.2, 0.25) is 0 Å². The number of alkyl halides is 6. The van der Waals surface area contributed by atoms with E-state index in [2.05, 4.69) is 19.9 Å². The van der Waals surface area contributed by atoms with Gasteiger partial charge in [-0.25, -0.2) is 19.9 Å². The zero-order valence-electron chi connectivity index (χ0n) is 16.1. The number of halogens is 6. The van der Waals surface area contributed by atoms with E-state index in [4.69, 9.17) is 0 Å². The summed E-state index contributed by atoms with van der Waals surface area (Å²) in [4.78, 5) is 15.1. The number of aryl methyl sites for hydroxylation is 2. The van der Waals surface area contributed by atoms with Crippen molar-refractivity contribution < 1.29 is 26.3 Å². The summed E-state index contributed by atoms with van der Waals surface area (Å²) in [5.74, 6) is 0. The first kappa shape index (κ1) is 21.2. The average Bonchev–Trinajstić information content (AvgIpc) is 2.71. The molecule has 4 rings (SSSR count). The number of fused-ring (bicyclic) bond motifs is 6. The summed E-state index contributed by atoms with van der Waals surface area (Å²) in [5, 5.41) is 18.7. The SMILES string of the molecule is Cc1nc2c3cc(C#N)c(C#N)cc3c3nc(C(F)(F)F)c(C(F)(F)F)nc3c2nc1C. The zero-order valence-corrected chi connectivity index (χ0v) is 16.1. The Morgan fingerprint density at radius 1 is 0.625 bits per heavy atom. The summed E-state index contributed by atoms with van der Waals surface area (Å²) in [7, 11) is 0. The Bertz CT molecular complexity index is 1540. The molecular weight excluding hydrogens is 438 g/mol. The molecule has 6 nitrogen and oxygen atoms in total. The van der Waals surface area contributed by atoms with Gasteiger partial charge in [-0.1, -0.05) is 0 Å². The van der Waals surface area contributed by atoms with Crippen LogP contribution in [0.1, 0.15) is 33.9 Å². The van der Waals surface area contributed by atoms with Crippen LogP contribution >= 0.6 is 0 Å². The lowest BCUT2D eigenvalue weighted by molar-refractivity contribution is -0.167. The van der Waals surface area contributed by atoms with Gasteiger partial charge in [0.05, 0.1) is 33.5 Å². The average molecular weight is 446 g/mol. The van der Waals surface area contributed by atoms with E-state index in [9.17, 15) is 36.9 Å². The van der Waals surface area contributed by atoms with Gasteiger partial charge in [0.2, 0.25) is 0 Å². The molecule has 2 heterocycles. The van der Waals surface area contributed by atoms with Crippen molar-refractivity contribution in [3.63, 3.8) is 0 Å². The number of rotatable bonds is 0. The van der Waals surface area contributed by atoms with Crippen LogP contribution in [0, 0.1) is 36.5 Å². The number of aromatic nitrogens is 4. The van der Waals surface area contributed by atoms with Crippen LogP contribution < -0.4 is 0 Å². The van der Waals surface area contributed by atoms with Crippen LogP contribution in [0.15, 0.2) is 12.1 Å². The van der Waals surface area contributed by atoms with Gasteiger partial charge in [0, 0.05) is 10.8 Å². The predicted octanol–water partition coefficient (Wildman–Crippen LogP) is 5.12. The maximum absolute atomic E-state index is 13.5. The van der Waals surface area contributed by atoms with Crippen molar-refractivity contribution in [2.24, 2.45) is 0 Å². The number of nitriles is 2. The van der Waals surface area contributed by atoms with E-state index < -0.39 is 34.8 Å². The van der Waals surface area contributed by atoms with Crippen LogP contribution in [0.5, 0.6) is 0 Å². The van der Waals surface area contributed by atoms with Gasteiger partial charge in [-0.05, 0) is 26.0 Å². The molecule has 0 aliphatic rings. The first-order chi connectivity index (χ1) is 14.9. The highest BCUT2D eigenvalue weighted by Crippen LogP contribution is 2.41. The van der Waals surface area contributed by atoms with Crippen molar-refractivity contribution in [1.82, 2.24) is 19.9 Å². The highest BCUT2D eigenvalue weighted by atomic mass is 19.4. The van der Waals surface area contributed by atoms with Crippen LogP contribution in [0.3, 0.4) is 0 Å². The third-order valence-electron chi connectivity index (χ3n) is 4.87. The van der Waals surface area contributed by atoms with E-state index in [1.165, 1.54) is 13.0 Å². The zero-order chi connectivity index (χ0) is 23.6. The third kappa shape index (κ3) is 3.12. The molecule has 12 heteroatoms. The van der Waals surface area contributed by atoms with Crippen LogP contribution in [-0.4, -0.2) is 19.9 Å². The maximum Gasteiger partial charge on any atom is 0.435 e. The van der Waals surface area contributed by atoms with Crippen LogP contribution in [0.25, 0.3) is 32.8 Å². The Balaban J connectivity index is 2.38. The fourth-order valence-electron chi connectivity index (χ4n) is 3.32. The normalized spacial score (nSPS) is 12.3. The first-order valence-corrected chi connectivity index (χ1v) is 8.77. The smallest absolute Gasteiger partial charge is 0.249 e. The molecule has 0 unspecified atom stereocenters. The molecule has 0 bridgehead atoms. The van der Waals surface area contributed by atoms with E-state index in [-0.39, 0.29) is 32.9 Å². The molecule has 0 aliphatic carbocycles. The molecule has 0 saturated carbocycles. The van der Waals surface area contributed by atoms with Crippen molar-refractivity contribution in [1.29, 1.82) is 10.5 Å². The maximum atomic E-state index is 13.5. The topological polar surface area (TPSA) is 99.1 Å². The number of nitrogens with zero attached hydrogens (tertiary/aromatic N) is 6. The number of hydrogen-bond donors (Lipinski definition) is 0. The number of benzene rings is 2. The van der Waals surface area contributed by atoms with Gasteiger partial charge in [-0.2, -0.15) is 36.9 Å². The lowest BCUT2D eigenvalue weighted by Gasteiger charge is -2.17. The Morgan fingerprint density at radius 3 is 1.38 bits per heavy atom. The van der Waals surface area contributed by atoms with Gasteiger partial charge in [0.1, 0.15) is 23.2 Å². The summed E-state index contributed by atoms with van der Waals surface area (Å²) in [5.41, 5.74) is -5.20. The third-order valence-corrected chi connectivity index (χ3v) is 4.87. The molecule has 0 saturated heterocycles. The molecule has 2 aromatic heterocycles. The predicted molar refractivity (Wildman–Crippen MR) is 99.0 cm³/mol. The minimum absolute atomic E-state index is 0.0266. The quantitative estimate of drug-likeness (QED) is 0.275. The summed E-state index contributed by atoms with van der Waals surface area (Å²) < 4.78 is 80.8. The largest absolute Gasteiger partial charge is 0.435 e. The Labute approximate surface area is 174 Å². The van der Waals surface area contributed by atoms with Crippen molar-refractivity contribution >= 4 is 32.8 Å². The molecule has 0 amide bonds. The van der Waals surface area contributed by atoms with Gasteiger partial charge < -0.3 is 0 Å². The van der Waals surface area contributed by atoms with Crippen LogP contribution in [-0.2, 0) is 12.4 Å². The standard InChI is InChI=1S/C20H8F6N6/c1-7-8(2)30-15-13(29-7)11-3-9(5-27)10(6-28)4-12(11)14-16(15)32-18(20(24,25)26)17(31-14)19(21,22)23/h3-4H,1-2H3. The number of hydrogen-bond acceptors (Lipinski definition) is 6. The van der Waals surface area contributed by atoms with Gasteiger partial charge in [-0.3, -0.25) is 0 Å². The first-order valence-electron chi connectivity index (χ1n) is 8.77. The molecule has 0 N–H and O–H groups in total. The Morgan fingerprint density at radius 2 is 0.969 bits per heavy atom. The second-order valence-corrected chi connectivity index (χ2v) is 6.87. The summed E-state index contributed by atoms with van der Waals surface area (Å²) in [6, 6.07) is 5.87. The molecule has 160 valence electrons. The second-order valence-electron chi connectivity index (χ2n) is 6.87. The summed E-state index contributed by atoms with van der Waals surface area (Å²) in [6.07, 6.45) is -10.9. The fourth-order valence-corrected chi connectivity index (χ4v) is 3.32. The lowest BCUT2D eigenvalue weighted by Crippen LogP contribution is -2.21. The summed E-state index contributed by atoms with van der Waals surface area (Å²) >= 11 is 0. The monoisotopic (exact) mass is 446 g/mol. The molecular formula is C20H8F6N6. The second kappa shape index (κ2) is 6.72.